The molecule has 25 heavy (non-hydrogen) atoms. The molecule has 0 radical (unpaired) electrons. The highest BCUT2D eigenvalue weighted by Crippen LogP contribution is 2.11. The summed E-state index contributed by atoms with van der Waals surface area (Å²) in [4.78, 5) is 24.0. The van der Waals surface area contributed by atoms with E-state index in [1.165, 1.54) is 37.6 Å². The van der Waals surface area contributed by atoms with Gasteiger partial charge in [-0.25, -0.2) is 9.82 Å². The maximum atomic E-state index is 12.8. The second kappa shape index (κ2) is 8.58. The number of halogens is 1. The van der Waals surface area contributed by atoms with E-state index >= 15 is 0 Å². The van der Waals surface area contributed by atoms with Crippen LogP contribution in [0.4, 0.5) is 4.39 Å². The number of nitrogens with zero attached hydrogens (tertiary/aromatic N) is 1. The van der Waals surface area contributed by atoms with Gasteiger partial charge in [0.1, 0.15) is 17.6 Å². The lowest BCUT2D eigenvalue weighted by Gasteiger charge is -2.12. The highest BCUT2D eigenvalue weighted by Gasteiger charge is 2.16. The van der Waals surface area contributed by atoms with E-state index in [-0.39, 0.29) is 11.7 Å². The molecule has 0 fully saturated rings. The lowest BCUT2D eigenvalue weighted by molar-refractivity contribution is -0.122. The number of hydrogen-bond acceptors (Lipinski definition) is 4. The zero-order valence-corrected chi connectivity index (χ0v) is 13.8. The average molecular weight is 343 g/mol. The number of nitrogens with one attached hydrogen (secondary N) is 2. The molecule has 2 rings (SSSR count). The molecule has 130 valence electrons. The Hall–Kier alpha value is -3.22. The van der Waals surface area contributed by atoms with Crippen molar-refractivity contribution in [1.82, 2.24) is 10.7 Å². The van der Waals surface area contributed by atoms with Crippen LogP contribution in [0.1, 0.15) is 22.8 Å². The standard InChI is InChI=1S/C18H18FN3O3/c1-12(21-18(24)14-5-9-16(25-2)10-6-14)17(23)22-20-11-13-3-7-15(19)8-4-13/h3-12H,1-2H3,(H,21,24)(H,22,23). The van der Waals surface area contributed by atoms with E-state index in [9.17, 15) is 14.0 Å². The third-order valence-corrected chi connectivity index (χ3v) is 3.35. The van der Waals surface area contributed by atoms with Crippen LogP contribution in [0.2, 0.25) is 0 Å². The molecule has 0 bridgehead atoms. The van der Waals surface area contributed by atoms with Gasteiger partial charge in [0.25, 0.3) is 11.8 Å². The van der Waals surface area contributed by atoms with Crippen LogP contribution in [0.15, 0.2) is 53.6 Å². The predicted octanol–water partition coefficient (Wildman–Crippen LogP) is 2.10. The van der Waals surface area contributed by atoms with Crippen LogP contribution in [0.25, 0.3) is 0 Å². The largest absolute Gasteiger partial charge is 0.497 e. The first-order valence-corrected chi connectivity index (χ1v) is 7.53. The first-order valence-electron chi connectivity index (χ1n) is 7.53. The summed E-state index contributed by atoms with van der Waals surface area (Å²) in [5, 5.41) is 6.35. The molecular weight excluding hydrogens is 325 g/mol. The van der Waals surface area contributed by atoms with Gasteiger partial charge < -0.3 is 10.1 Å². The third kappa shape index (κ3) is 5.42. The number of benzene rings is 2. The summed E-state index contributed by atoms with van der Waals surface area (Å²) in [6.07, 6.45) is 1.38. The fourth-order valence-electron chi connectivity index (χ4n) is 1.90. The number of ether oxygens (including phenoxy) is 1. The molecule has 2 aromatic carbocycles. The Morgan fingerprint density at radius 3 is 2.36 bits per heavy atom. The molecule has 1 unspecified atom stereocenters. The minimum Gasteiger partial charge on any atom is -0.497 e. The SMILES string of the molecule is COc1ccc(C(=O)NC(C)C(=O)NN=Cc2ccc(F)cc2)cc1. The van der Waals surface area contributed by atoms with E-state index in [0.29, 0.717) is 16.9 Å². The van der Waals surface area contributed by atoms with Crippen molar-refractivity contribution in [2.75, 3.05) is 7.11 Å². The maximum Gasteiger partial charge on any atom is 0.262 e. The number of methoxy groups -OCH3 is 1. The maximum absolute atomic E-state index is 12.8. The van der Waals surface area contributed by atoms with Gasteiger partial charge in [-0.1, -0.05) is 12.1 Å². The number of hydrazone groups is 1. The molecule has 0 saturated carbocycles. The minimum absolute atomic E-state index is 0.351. The Bertz CT molecular complexity index is 758. The van der Waals surface area contributed by atoms with Crippen LogP contribution in [0.3, 0.4) is 0 Å². The molecule has 2 aromatic rings. The van der Waals surface area contributed by atoms with E-state index in [4.69, 9.17) is 4.74 Å². The normalized spacial score (nSPS) is 11.8. The quantitative estimate of drug-likeness (QED) is 0.623. The molecule has 0 aliphatic heterocycles. The summed E-state index contributed by atoms with van der Waals surface area (Å²) < 4.78 is 17.8. The van der Waals surface area contributed by atoms with Crippen LogP contribution in [-0.4, -0.2) is 31.2 Å². The molecule has 0 saturated heterocycles. The van der Waals surface area contributed by atoms with Gasteiger partial charge in [0.2, 0.25) is 0 Å². The summed E-state index contributed by atoms with van der Waals surface area (Å²) >= 11 is 0. The van der Waals surface area contributed by atoms with Gasteiger partial charge in [-0.2, -0.15) is 5.10 Å². The first-order chi connectivity index (χ1) is 12.0. The van der Waals surface area contributed by atoms with E-state index in [1.54, 1.807) is 31.2 Å². The Morgan fingerprint density at radius 2 is 1.76 bits per heavy atom. The fourth-order valence-corrected chi connectivity index (χ4v) is 1.90. The highest BCUT2D eigenvalue weighted by atomic mass is 19.1. The van der Waals surface area contributed by atoms with Crippen molar-refractivity contribution < 1.29 is 18.7 Å². The second-order valence-corrected chi connectivity index (χ2v) is 5.21. The van der Waals surface area contributed by atoms with Gasteiger partial charge in [0, 0.05) is 5.56 Å². The average Bonchev–Trinajstić information content (AvgIpc) is 2.63. The number of hydrogen-bond donors (Lipinski definition) is 2. The van der Waals surface area contributed by atoms with Gasteiger partial charge >= 0.3 is 0 Å². The molecule has 2 N–H and O–H groups in total. The van der Waals surface area contributed by atoms with E-state index < -0.39 is 11.9 Å². The van der Waals surface area contributed by atoms with Crippen molar-refractivity contribution in [3.05, 3.63) is 65.5 Å². The van der Waals surface area contributed by atoms with Crippen molar-refractivity contribution in [3.8, 4) is 5.75 Å². The summed E-state index contributed by atoms with van der Waals surface area (Å²) in [7, 11) is 1.54. The topological polar surface area (TPSA) is 79.8 Å². The Balaban J connectivity index is 1.86. The van der Waals surface area contributed by atoms with Crippen LogP contribution >= 0.6 is 0 Å². The van der Waals surface area contributed by atoms with Gasteiger partial charge in [0.15, 0.2) is 0 Å². The van der Waals surface area contributed by atoms with Gasteiger partial charge in [-0.15, -0.1) is 0 Å². The van der Waals surface area contributed by atoms with E-state index in [1.807, 2.05) is 0 Å². The molecule has 0 aliphatic carbocycles. The summed E-state index contributed by atoms with van der Waals surface area (Å²) in [5.74, 6) is -0.568. The Morgan fingerprint density at radius 1 is 1.12 bits per heavy atom. The van der Waals surface area contributed by atoms with Crippen LogP contribution in [0, 0.1) is 5.82 Å². The van der Waals surface area contributed by atoms with Crippen LogP contribution < -0.4 is 15.5 Å². The molecule has 0 aliphatic rings. The zero-order chi connectivity index (χ0) is 18.2. The molecule has 0 heterocycles. The van der Waals surface area contributed by atoms with Crippen LogP contribution in [0.5, 0.6) is 5.75 Å². The van der Waals surface area contributed by atoms with Crippen molar-refractivity contribution >= 4 is 18.0 Å². The zero-order valence-electron chi connectivity index (χ0n) is 13.8. The summed E-state index contributed by atoms with van der Waals surface area (Å²) in [6, 6.07) is 11.4. The molecule has 0 aromatic heterocycles. The number of carbonyl (C=O) groups excluding carboxylic acids is 2. The second-order valence-electron chi connectivity index (χ2n) is 5.21. The number of rotatable bonds is 6. The monoisotopic (exact) mass is 343 g/mol. The van der Waals surface area contributed by atoms with Gasteiger partial charge in [-0.3, -0.25) is 9.59 Å². The van der Waals surface area contributed by atoms with Gasteiger partial charge in [0.05, 0.1) is 13.3 Å². The molecule has 0 spiro atoms. The molecule has 6 nitrogen and oxygen atoms in total. The van der Waals surface area contributed by atoms with Crippen molar-refractivity contribution in [1.29, 1.82) is 0 Å². The number of amides is 2. The first kappa shape index (κ1) is 18.1. The predicted molar refractivity (Wildman–Crippen MR) is 92.1 cm³/mol. The number of carbonyl (C=O) groups is 2. The van der Waals surface area contributed by atoms with Crippen molar-refractivity contribution in [2.24, 2.45) is 5.10 Å². The summed E-state index contributed by atoms with van der Waals surface area (Å²) in [5.41, 5.74) is 3.37. The smallest absolute Gasteiger partial charge is 0.262 e. The van der Waals surface area contributed by atoms with Crippen LogP contribution in [-0.2, 0) is 4.79 Å². The molecule has 7 heteroatoms. The van der Waals surface area contributed by atoms with Gasteiger partial charge in [-0.05, 0) is 48.9 Å². The highest BCUT2D eigenvalue weighted by molar-refractivity contribution is 5.97. The minimum atomic E-state index is -0.778. The van der Waals surface area contributed by atoms with Crippen molar-refractivity contribution in [3.63, 3.8) is 0 Å². The Kier molecular flexibility index (Phi) is 6.22. The molecular formula is C18H18FN3O3. The van der Waals surface area contributed by atoms with E-state index in [0.717, 1.165) is 0 Å². The lowest BCUT2D eigenvalue weighted by Crippen LogP contribution is -2.43. The van der Waals surface area contributed by atoms with Crippen molar-refractivity contribution in [2.45, 2.75) is 13.0 Å². The molecule has 2 amide bonds. The lowest BCUT2D eigenvalue weighted by atomic mass is 10.2. The molecule has 1 atom stereocenters. The summed E-state index contributed by atoms with van der Waals surface area (Å²) in [6.45, 7) is 1.55. The Labute approximate surface area is 144 Å². The van der Waals surface area contributed by atoms with E-state index in [2.05, 4.69) is 15.8 Å². The fraction of sp³-hybridized carbons (Fsp3) is 0.167. The third-order valence-electron chi connectivity index (χ3n) is 3.35.